The highest BCUT2D eigenvalue weighted by Crippen LogP contribution is 2.39. The molecule has 1 fully saturated rings. The summed E-state index contributed by atoms with van der Waals surface area (Å²) in [5, 5.41) is 14.5. The summed E-state index contributed by atoms with van der Waals surface area (Å²) in [5.41, 5.74) is 2.39. The third-order valence-electron chi connectivity index (χ3n) is 7.62. The third kappa shape index (κ3) is 6.79. The van der Waals surface area contributed by atoms with Crippen molar-refractivity contribution in [1.82, 2.24) is 5.32 Å². The molecule has 7 heteroatoms. The average molecular weight is 530 g/mol. The van der Waals surface area contributed by atoms with E-state index in [0.29, 0.717) is 17.1 Å². The van der Waals surface area contributed by atoms with Crippen LogP contribution in [0.4, 0.5) is 0 Å². The van der Waals surface area contributed by atoms with Gasteiger partial charge in [0.05, 0.1) is 12.0 Å². The minimum absolute atomic E-state index is 0.00229. The normalized spacial score (nSPS) is 17.2. The smallest absolute Gasteiger partial charge is 0.329 e. The van der Waals surface area contributed by atoms with Crippen LogP contribution in [-0.2, 0) is 27.4 Å². The number of carbonyl (C=O) groups excluding carboxylic acids is 2. The molecule has 0 spiro atoms. The van der Waals surface area contributed by atoms with Gasteiger partial charge in [-0.05, 0) is 47.6 Å². The molecule has 1 amide bonds. The van der Waals surface area contributed by atoms with Crippen LogP contribution in [0.2, 0.25) is 0 Å². The van der Waals surface area contributed by atoms with E-state index in [4.69, 9.17) is 14.2 Å². The van der Waals surface area contributed by atoms with E-state index in [1.165, 1.54) is 0 Å². The number of ether oxygens (including phenoxy) is 3. The van der Waals surface area contributed by atoms with Gasteiger partial charge in [0.25, 0.3) is 0 Å². The number of aliphatic hydroxyl groups excluding tert-OH is 1. The van der Waals surface area contributed by atoms with E-state index in [1.54, 1.807) is 18.2 Å². The number of amides is 1. The van der Waals surface area contributed by atoms with E-state index in [1.807, 2.05) is 60.7 Å². The second-order valence-electron chi connectivity index (χ2n) is 10.3. The van der Waals surface area contributed by atoms with Gasteiger partial charge < -0.3 is 24.6 Å². The van der Waals surface area contributed by atoms with E-state index in [-0.39, 0.29) is 25.7 Å². The van der Waals surface area contributed by atoms with Crippen LogP contribution in [0.25, 0.3) is 0 Å². The molecule has 3 atom stereocenters. The van der Waals surface area contributed by atoms with E-state index < -0.39 is 29.9 Å². The Morgan fingerprint density at radius 2 is 1.54 bits per heavy atom. The Balaban J connectivity index is 1.39. The highest BCUT2D eigenvalue weighted by atomic mass is 16.7. The molecule has 2 N–H and O–H groups in total. The van der Waals surface area contributed by atoms with Crippen molar-refractivity contribution in [3.63, 3.8) is 0 Å². The van der Waals surface area contributed by atoms with Gasteiger partial charge in [-0.15, -0.1) is 0 Å². The predicted octanol–water partition coefficient (Wildman–Crippen LogP) is 4.91. The molecule has 1 aliphatic carbocycles. The Hall–Kier alpha value is -3.84. The van der Waals surface area contributed by atoms with Crippen LogP contribution in [0.5, 0.6) is 11.5 Å². The zero-order chi connectivity index (χ0) is 27.0. The molecule has 1 heterocycles. The zero-order valence-corrected chi connectivity index (χ0v) is 22.0. The second-order valence-corrected chi connectivity index (χ2v) is 10.3. The number of nitrogens with one attached hydrogen (secondary N) is 1. The Bertz CT molecular complexity index is 1240. The highest BCUT2D eigenvalue weighted by Gasteiger charge is 2.37. The summed E-state index contributed by atoms with van der Waals surface area (Å²) < 4.78 is 16.6. The predicted molar refractivity (Wildman–Crippen MR) is 146 cm³/mol. The number of rotatable bonds is 10. The number of carbonyl (C=O) groups is 2. The molecule has 0 saturated heterocycles. The van der Waals surface area contributed by atoms with E-state index >= 15 is 0 Å². The summed E-state index contributed by atoms with van der Waals surface area (Å²) in [6.45, 7) is 0.227. The van der Waals surface area contributed by atoms with Gasteiger partial charge in [-0.25, -0.2) is 4.79 Å². The molecule has 1 aliphatic heterocycles. The molecule has 0 radical (unpaired) electrons. The van der Waals surface area contributed by atoms with Gasteiger partial charge in [0, 0.05) is 6.42 Å². The first-order valence-corrected chi connectivity index (χ1v) is 13.7. The molecule has 5 rings (SSSR count). The minimum Gasteiger partial charge on any atom is -0.459 e. The molecular formula is C32H35NO6. The molecule has 3 aromatic rings. The summed E-state index contributed by atoms with van der Waals surface area (Å²) in [6, 6.07) is 23.4. The lowest BCUT2D eigenvalue weighted by Gasteiger charge is -2.32. The lowest BCUT2D eigenvalue weighted by atomic mass is 9.77. The van der Waals surface area contributed by atoms with Gasteiger partial charge in [-0.1, -0.05) is 86.0 Å². The molecule has 0 bridgehead atoms. The summed E-state index contributed by atoms with van der Waals surface area (Å²) in [5.74, 6) is -0.654. The maximum atomic E-state index is 14.0. The molecule has 39 heavy (non-hydrogen) atoms. The molecule has 2 unspecified atom stereocenters. The Kier molecular flexibility index (Phi) is 8.78. The number of hydrogen-bond acceptors (Lipinski definition) is 6. The van der Waals surface area contributed by atoms with Crippen molar-refractivity contribution < 1.29 is 28.9 Å². The van der Waals surface area contributed by atoms with Crippen LogP contribution in [-0.4, -0.2) is 35.9 Å². The minimum atomic E-state index is -0.918. The molecule has 3 aromatic carbocycles. The number of esters is 1. The number of hydrogen-bond donors (Lipinski definition) is 2. The van der Waals surface area contributed by atoms with E-state index in [2.05, 4.69) is 5.32 Å². The van der Waals surface area contributed by atoms with Gasteiger partial charge in [0.15, 0.2) is 11.5 Å². The fraction of sp³-hybridized carbons (Fsp3) is 0.375. The van der Waals surface area contributed by atoms with Crippen molar-refractivity contribution in [3.05, 3.63) is 95.6 Å². The van der Waals surface area contributed by atoms with Crippen molar-refractivity contribution in [2.75, 3.05) is 6.79 Å². The molecule has 7 nitrogen and oxygen atoms in total. The lowest BCUT2D eigenvalue weighted by molar-refractivity contribution is -0.149. The van der Waals surface area contributed by atoms with Crippen LogP contribution >= 0.6 is 0 Å². The van der Waals surface area contributed by atoms with Gasteiger partial charge in [-0.3, -0.25) is 4.79 Å². The van der Waals surface area contributed by atoms with Crippen LogP contribution in [0, 0.1) is 5.92 Å². The van der Waals surface area contributed by atoms with Crippen LogP contribution in [0.3, 0.4) is 0 Å². The summed E-state index contributed by atoms with van der Waals surface area (Å²) in [7, 11) is 0. The summed E-state index contributed by atoms with van der Waals surface area (Å²) in [6.07, 6.45) is 4.29. The largest absolute Gasteiger partial charge is 0.459 e. The first-order chi connectivity index (χ1) is 19.1. The van der Waals surface area contributed by atoms with Crippen molar-refractivity contribution in [2.24, 2.45) is 5.92 Å². The summed E-state index contributed by atoms with van der Waals surface area (Å²) >= 11 is 0. The molecule has 204 valence electrons. The van der Waals surface area contributed by atoms with Crippen molar-refractivity contribution in [1.29, 1.82) is 0 Å². The number of fused-ring (bicyclic) bond motifs is 1. The topological polar surface area (TPSA) is 94.1 Å². The van der Waals surface area contributed by atoms with E-state index in [9.17, 15) is 14.7 Å². The fourth-order valence-corrected chi connectivity index (χ4v) is 5.49. The molecule has 2 aliphatic rings. The SMILES string of the molecule is O=C(N[C@@H](Cc1ccccc1)C(=O)OCc1ccccc1)C(c1ccc2c(c1)OCO2)C(O)C1CCCCC1. The van der Waals surface area contributed by atoms with Crippen molar-refractivity contribution in [2.45, 2.75) is 63.2 Å². The lowest BCUT2D eigenvalue weighted by Crippen LogP contribution is -2.48. The Labute approximate surface area is 229 Å². The average Bonchev–Trinajstić information content (AvgIpc) is 3.45. The maximum Gasteiger partial charge on any atom is 0.329 e. The zero-order valence-electron chi connectivity index (χ0n) is 22.0. The van der Waals surface area contributed by atoms with Gasteiger partial charge in [-0.2, -0.15) is 0 Å². The molecular weight excluding hydrogens is 494 g/mol. The highest BCUT2D eigenvalue weighted by molar-refractivity contribution is 5.89. The number of benzene rings is 3. The maximum absolute atomic E-state index is 14.0. The monoisotopic (exact) mass is 529 g/mol. The first kappa shape index (κ1) is 26.8. The van der Waals surface area contributed by atoms with Crippen LogP contribution in [0.1, 0.15) is 54.7 Å². The quantitative estimate of drug-likeness (QED) is 0.363. The fourth-order valence-electron chi connectivity index (χ4n) is 5.49. The van der Waals surface area contributed by atoms with Crippen molar-refractivity contribution >= 4 is 11.9 Å². The molecule has 0 aromatic heterocycles. The second kappa shape index (κ2) is 12.8. The van der Waals surface area contributed by atoms with Gasteiger partial charge >= 0.3 is 5.97 Å². The van der Waals surface area contributed by atoms with Gasteiger partial charge in [0.1, 0.15) is 12.6 Å². The van der Waals surface area contributed by atoms with Crippen LogP contribution in [0.15, 0.2) is 78.9 Å². The summed E-state index contributed by atoms with van der Waals surface area (Å²) in [4.78, 5) is 27.3. The molecule has 1 saturated carbocycles. The Morgan fingerprint density at radius 3 is 2.26 bits per heavy atom. The first-order valence-electron chi connectivity index (χ1n) is 13.7. The Morgan fingerprint density at radius 1 is 0.872 bits per heavy atom. The number of aliphatic hydroxyl groups is 1. The van der Waals surface area contributed by atoms with Crippen LogP contribution < -0.4 is 14.8 Å². The third-order valence-corrected chi connectivity index (χ3v) is 7.62. The van der Waals surface area contributed by atoms with Gasteiger partial charge in [0.2, 0.25) is 12.7 Å². The van der Waals surface area contributed by atoms with E-state index in [0.717, 1.165) is 43.2 Å². The standard InChI is InChI=1S/C32H35NO6/c34-30(24-14-8-3-9-15-24)29(25-16-17-27-28(19-25)39-21-38-27)31(35)33-26(18-22-10-4-1-5-11-22)32(36)37-20-23-12-6-2-7-13-23/h1-2,4-7,10-13,16-17,19,24,26,29-30,34H,3,8-9,14-15,18,20-21H2,(H,33,35)/t26-,29?,30?/m0/s1. The van der Waals surface area contributed by atoms with Crippen molar-refractivity contribution in [3.8, 4) is 11.5 Å².